The minimum absolute atomic E-state index is 0.0636. The molecule has 3 amide bonds. The van der Waals surface area contributed by atoms with Gasteiger partial charge in [-0.05, 0) is 37.1 Å². The highest BCUT2D eigenvalue weighted by molar-refractivity contribution is 6.35. The fraction of sp³-hybridized carbons (Fsp3) is 0.609. The molecule has 0 atom stereocenters. The van der Waals surface area contributed by atoms with Crippen LogP contribution in [0, 0.1) is 0 Å². The van der Waals surface area contributed by atoms with Crippen LogP contribution in [0.1, 0.15) is 48.5 Å². The van der Waals surface area contributed by atoms with E-state index in [2.05, 4.69) is 11.8 Å². The summed E-state index contributed by atoms with van der Waals surface area (Å²) in [5, 5.41) is 0. The monoisotopic (exact) mass is 412 g/mol. The van der Waals surface area contributed by atoms with Gasteiger partial charge in [0.1, 0.15) is 0 Å². The van der Waals surface area contributed by atoms with Crippen LogP contribution in [-0.2, 0) is 16.1 Å². The maximum absolute atomic E-state index is 12.7. The third-order valence-corrected chi connectivity index (χ3v) is 6.79. The molecule has 1 aromatic rings. The Kier molecular flexibility index (Phi) is 6.37. The first-order chi connectivity index (χ1) is 14.6. The van der Waals surface area contributed by atoms with Crippen molar-refractivity contribution < 1.29 is 14.4 Å². The van der Waals surface area contributed by atoms with Gasteiger partial charge >= 0.3 is 11.8 Å². The SMILES string of the molecule is CCN1CCN(C(=O)c2ccc(CN3CCN(C4CCCC4)C(=O)C3=O)cc2)CC1. The van der Waals surface area contributed by atoms with Crippen molar-refractivity contribution in [2.75, 3.05) is 45.8 Å². The van der Waals surface area contributed by atoms with Gasteiger partial charge in [0, 0.05) is 57.4 Å². The summed E-state index contributed by atoms with van der Waals surface area (Å²) in [6, 6.07) is 7.72. The average molecular weight is 413 g/mol. The molecule has 1 aliphatic carbocycles. The van der Waals surface area contributed by atoms with Crippen molar-refractivity contribution in [3.63, 3.8) is 0 Å². The summed E-state index contributed by atoms with van der Waals surface area (Å²) in [6.45, 7) is 8.13. The third kappa shape index (κ3) is 4.36. The van der Waals surface area contributed by atoms with Crippen molar-refractivity contribution >= 4 is 17.7 Å². The van der Waals surface area contributed by atoms with Crippen LogP contribution in [0.15, 0.2) is 24.3 Å². The molecule has 4 rings (SSSR count). The summed E-state index contributed by atoms with van der Waals surface area (Å²) in [7, 11) is 0. The Morgan fingerprint density at radius 2 is 1.57 bits per heavy atom. The molecule has 2 saturated heterocycles. The van der Waals surface area contributed by atoms with Gasteiger partial charge in [-0.15, -0.1) is 0 Å². The molecular formula is C23H32N4O3. The molecule has 0 aromatic heterocycles. The molecule has 3 fully saturated rings. The van der Waals surface area contributed by atoms with E-state index in [-0.39, 0.29) is 17.9 Å². The maximum atomic E-state index is 12.7. The number of rotatable bonds is 5. The molecule has 0 spiro atoms. The van der Waals surface area contributed by atoms with Gasteiger partial charge in [-0.2, -0.15) is 0 Å². The standard InChI is InChI=1S/C23H32N4O3/c1-2-24-11-13-25(14-12-24)21(28)19-9-7-18(8-10-19)17-26-15-16-27(23(30)22(26)29)20-5-3-4-6-20/h7-10,20H,2-6,11-17H2,1H3. The lowest BCUT2D eigenvalue weighted by Gasteiger charge is -2.37. The van der Waals surface area contributed by atoms with E-state index in [1.54, 1.807) is 9.80 Å². The number of carbonyl (C=O) groups excluding carboxylic acids is 3. The van der Waals surface area contributed by atoms with Gasteiger partial charge < -0.3 is 19.6 Å². The largest absolute Gasteiger partial charge is 0.336 e. The maximum Gasteiger partial charge on any atom is 0.312 e. The number of hydrogen-bond donors (Lipinski definition) is 0. The molecule has 2 aliphatic heterocycles. The van der Waals surface area contributed by atoms with Crippen LogP contribution in [0.25, 0.3) is 0 Å². The summed E-state index contributed by atoms with van der Waals surface area (Å²) in [6.07, 6.45) is 4.32. The van der Waals surface area contributed by atoms with Crippen molar-refractivity contribution in [1.82, 2.24) is 19.6 Å². The van der Waals surface area contributed by atoms with E-state index in [0.717, 1.165) is 64.0 Å². The van der Waals surface area contributed by atoms with E-state index >= 15 is 0 Å². The van der Waals surface area contributed by atoms with E-state index in [9.17, 15) is 14.4 Å². The number of amides is 3. The number of carbonyl (C=O) groups is 3. The second-order valence-electron chi connectivity index (χ2n) is 8.59. The lowest BCUT2D eigenvalue weighted by Crippen LogP contribution is -2.56. The van der Waals surface area contributed by atoms with Gasteiger partial charge in [0.05, 0.1) is 0 Å². The number of benzene rings is 1. The van der Waals surface area contributed by atoms with Crippen molar-refractivity contribution in [3.05, 3.63) is 35.4 Å². The second-order valence-corrected chi connectivity index (χ2v) is 8.59. The number of piperazine rings is 2. The van der Waals surface area contributed by atoms with E-state index in [1.807, 2.05) is 29.2 Å². The van der Waals surface area contributed by atoms with Gasteiger partial charge in [0.25, 0.3) is 5.91 Å². The Labute approximate surface area is 178 Å². The molecule has 7 nitrogen and oxygen atoms in total. The fourth-order valence-electron chi connectivity index (χ4n) is 4.83. The van der Waals surface area contributed by atoms with Crippen molar-refractivity contribution in [1.29, 1.82) is 0 Å². The molecular weight excluding hydrogens is 380 g/mol. The molecule has 0 unspecified atom stereocenters. The van der Waals surface area contributed by atoms with E-state index < -0.39 is 5.91 Å². The van der Waals surface area contributed by atoms with Crippen LogP contribution >= 0.6 is 0 Å². The van der Waals surface area contributed by atoms with E-state index in [4.69, 9.17) is 0 Å². The molecule has 0 radical (unpaired) electrons. The quantitative estimate of drug-likeness (QED) is 0.689. The van der Waals surface area contributed by atoms with Gasteiger partial charge in [-0.1, -0.05) is 31.9 Å². The topological polar surface area (TPSA) is 64.2 Å². The molecule has 2 heterocycles. The molecule has 3 aliphatic rings. The predicted molar refractivity (Wildman–Crippen MR) is 114 cm³/mol. The zero-order valence-corrected chi connectivity index (χ0v) is 17.9. The number of likely N-dealkylation sites (N-methyl/N-ethyl adjacent to an activating group) is 1. The molecule has 162 valence electrons. The van der Waals surface area contributed by atoms with Gasteiger partial charge in [0.2, 0.25) is 0 Å². The van der Waals surface area contributed by atoms with Gasteiger partial charge in [-0.25, -0.2) is 0 Å². The summed E-state index contributed by atoms with van der Waals surface area (Å²) in [4.78, 5) is 45.6. The Morgan fingerprint density at radius 3 is 2.20 bits per heavy atom. The van der Waals surface area contributed by atoms with Crippen LogP contribution in [0.4, 0.5) is 0 Å². The predicted octanol–water partition coefficient (Wildman–Crippen LogP) is 1.58. The second kappa shape index (κ2) is 9.16. The first-order valence-electron chi connectivity index (χ1n) is 11.3. The third-order valence-electron chi connectivity index (χ3n) is 6.79. The minimum Gasteiger partial charge on any atom is -0.336 e. The zero-order valence-electron chi connectivity index (χ0n) is 17.9. The van der Waals surface area contributed by atoms with Crippen LogP contribution in [-0.4, -0.2) is 89.2 Å². The van der Waals surface area contributed by atoms with Gasteiger partial charge in [-0.3, -0.25) is 14.4 Å². The van der Waals surface area contributed by atoms with Crippen molar-refractivity contribution in [3.8, 4) is 0 Å². The summed E-state index contributed by atoms with van der Waals surface area (Å²) >= 11 is 0. The normalized spacial score (nSPS) is 21.6. The summed E-state index contributed by atoms with van der Waals surface area (Å²) in [5.41, 5.74) is 1.62. The Hall–Kier alpha value is -2.41. The Balaban J connectivity index is 1.33. The molecule has 0 bridgehead atoms. The van der Waals surface area contributed by atoms with Gasteiger partial charge in [0.15, 0.2) is 0 Å². The van der Waals surface area contributed by atoms with Crippen molar-refractivity contribution in [2.45, 2.75) is 45.2 Å². The van der Waals surface area contributed by atoms with Crippen LogP contribution in [0.5, 0.6) is 0 Å². The fourth-order valence-corrected chi connectivity index (χ4v) is 4.83. The number of hydrogen-bond acceptors (Lipinski definition) is 4. The Bertz CT molecular complexity index is 780. The summed E-state index contributed by atoms with van der Waals surface area (Å²) in [5.74, 6) is -0.693. The highest BCUT2D eigenvalue weighted by Crippen LogP contribution is 2.25. The Morgan fingerprint density at radius 1 is 0.900 bits per heavy atom. The lowest BCUT2D eigenvalue weighted by atomic mass is 10.1. The molecule has 30 heavy (non-hydrogen) atoms. The molecule has 0 N–H and O–H groups in total. The lowest BCUT2D eigenvalue weighted by molar-refractivity contribution is -0.158. The van der Waals surface area contributed by atoms with Crippen LogP contribution in [0.3, 0.4) is 0 Å². The molecule has 7 heteroatoms. The zero-order chi connectivity index (χ0) is 21.1. The van der Waals surface area contributed by atoms with Crippen LogP contribution in [0.2, 0.25) is 0 Å². The molecule has 1 aromatic carbocycles. The first kappa shape index (κ1) is 20.8. The van der Waals surface area contributed by atoms with E-state index in [0.29, 0.717) is 25.2 Å². The average Bonchev–Trinajstić information content (AvgIpc) is 3.32. The van der Waals surface area contributed by atoms with E-state index in [1.165, 1.54) is 0 Å². The highest BCUT2D eigenvalue weighted by Gasteiger charge is 2.37. The number of nitrogens with zero attached hydrogens (tertiary/aromatic N) is 4. The smallest absolute Gasteiger partial charge is 0.312 e. The van der Waals surface area contributed by atoms with Crippen LogP contribution < -0.4 is 0 Å². The highest BCUT2D eigenvalue weighted by atomic mass is 16.2. The molecule has 1 saturated carbocycles. The first-order valence-corrected chi connectivity index (χ1v) is 11.3. The van der Waals surface area contributed by atoms with Crippen molar-refractivity contribution in [2.24, 2.45) is 0 Å². The minimum atomic E-state index is -0.401. The summed E-state index contributed by atoms with van der Waals surface area (Å²) < 4.78 is 0.